The molecule has 0 spiro atoms. The number of carbonyl (C=O) groups is 3. The number of nitrogens with two attached hydrogens (primary N) is 1. The first-order valence-corrected chi connectivity index (χ1v) is 12.9. The van der Waals surface area contributed by atoms with E-state index in [9.17, 15) is 23.2 Å². The Morgan fingerprint density at radius 3 is 2.68 bits per heavy atom. The number of anilines is 1. The summed E-state index contributed by atoms with van der Waals surface area (Å²) in [7, 11) is 0. The third-order valence-corrected chi connectivity index (χ3v) is 6.84. The molecule has 0 saturated carbocycles. The molecule has 0 aliphatic carbocycles. The molecule has 4 amide bonds. The molecule has 1 aliphatic rings. The normalized spacial score (nSPS) is 14.2. The van der Waals surface area contributed by atoms with Crippen molar-refractivity contribution in [3.8, 4) is 5.88 Å². The van der Waals surface area contributed by atoms with Crippen LogP contribution in [0.4, 0.5) is 18.6 Å². The van der Waals surface area contributed by atoms with Crippen molar-refractivity contribution in [2.45, 2.75) is 32.8 Å². The molecule has 10 nitrogen and oxygen atoms in total. The van der Waals surface area contributed by atoms with Crippen molar-refractivity contribution < 1.29 is 27.9 Å². The van der Waals surface area contributed by atoms with Crippen LogP contribution in [0.2, 0.25) is 0 Å². The van der Waals surface area contributed by atoms with Gasteiger partial charge in [0, 0.05) is 30.8 Å². The van der Waals surface area contributed by atoms with Crippen LogP contribution < -0.4 is 26.4 Å². The Bertz CT molecular complexity index is 1090. The summed E-state index contributed by atoms with van der Waals surface area (Å²) in [6.45, 7) is 4.16. The van der Waals surface area contributed by atoms with Gasteiger partial charge >= 0.3 is 6.03 Å². The summed E-state index contributed by atoms with van der Waals surface area (Å²) in [6, 6.07) is 3.35. The number of nitrogens with zero attached hydrogens (tertiary/aromatic N) is 2. The van der Waals surface area contributed by atoms with Gasteiger partial charge in [0.15, 0.2) is 0 Å². The summed E-state index contributed by atoms with van der Waals surface area (Å²) >= 11 is 0.811. The first-order chi connectivity index (χ1) is 17.8. The highest BCUT2D eigenvalue weighted by Crippen LogP contribution is 2.31. The van der Waals surface area contributed by atoms with Crippen LogP contribution in [0.15, 0.2) is 18.2 Å². The minimum absolute atomic E-state index is 0.0925. The fourth-order valence-electron chi connectivity index (χ4n) is 4.07. The van der Waals surface area contributed by atoms with E-state index < -0.39 is 17.8 Å². The molecule has 37 heavy (non-hydrogen) atoms. The number of alkyl halides is 1. The van der Waals surface area contributed by atoms with E-state index in [1.165, 1.54) is 12.1 Å². The zero-order valence-electron chi connectivity index (χ0n) is 20.6. The van der Waals surface area contributed by atoms with Crippen LogP contribution in [-0.2, 0) is 6.61 Å². The summed E-state index contributed by atoms with van der Waals surface area (Å²) < 4.78 is 36.3. The van der Waals surface area contributed by atoms with E-state index in [-0.39, 0.29) is 46.8 Å². The molecule has 1 saturated heterocycles. The van der Waals surface area contributed by atoms with Crippen LogP contribution >= 0.6 is 11.5 Å². The lowest BCUT2D eigenvalue weighted by molar-refractivity contribution is 0.0954. The molecule has 13 heteroatoms. The van der Waals surface area contributed by atoms with Crippen molar-refractivity contribution in [2.75, 3.05) is 44.7 Å². The molecule has 5 N–H and O–H groups in total. The largest absolute Gasteiger partial charge is 0.471 e. The number of nitrogens with one attached hydrogen (secondary N) is 3. The molecule has 1 aliphatic heterocycles. The number of halogens is 2. The van der Waals surface area contributed by atoms with E-state index in [4.69, 9.17) is 10.5 Å². The van der Waals surface area contributed by atoms with Gasteiger partial charge in [-0.15, -0.1) is 0 Å². The van der Waals surface area contributed by atoms with Crippen LogP contribution in [0.5, 0.6) is 5.88 Å². The van der Waals surface area contributed by atoms with Gasteiger partial charge < -0.3 is 26.0 Å². The number of aromatic nitrogens is 1. The summed E-state index contributed by atoms with van der Waals surface area (Å²) in [5.74, 6) is -1.50. The highest BCUT2D eigenvalue weighted by molar-refractivity contribution is 7.11. The number of hydrogen-bond donors (Lipinski definition) is 4. The van der Waals surface area contributed by atoms with Gasteiger partial charge in [-0.05, 0) is 74.9 Å². The van der Waals surface area contributed by atoms with Crippen molar-refractivity contribution >= 4 is 34.4 Å². The van der Waals surface area contributed by atoms with Crippen molar-refractivity contribution in [3.05, 3.63) is 40.7 Å². The van der Waals surface area contributed by atoms with E-state index in [1.54, 1.807) is 6.92 Å². The maximum Gasteiger partial charge on any atom is 0.319 e. The third-order valence-electron chi connectivity index (χ3n) is 6.09. The number of urea groups is 1. The zero-order chi connectivity index (χ0) is 26.8. The summed E-state index contributed by atoms with van der Waals surface area (Å²) in [6.07, 6.45) is 2.70. The van der Waals surface area contributed by atoms with Crippen LogP contribution in [0.25, 0.3) is 0 Å². The zero-order valence-corrected chi connectivity index (χ0v) is 21.5. The van der Waals surface area contributed by atoms with E-state index in [1.807, 2.05) is 0 Å². The first kappa shape index (κ1) is 28.3. The average molecular weight is 539 g/mol. The molecular weight excluding hydrogens is 506 g/mol. The number of primary amides is 1. The fourth-order valence-corrected chi connectivity index (χ4v) is 4.80. The van der Waals surface area contributed by atoms with Gasteiger partial charge in [-0.25, -0.2) is 13.6 Å². The van der Waals surface area contributed by atoms with Gasteiger partial charge in [0.2, 0.25) is 5.88 Å². The van der Waals surface area contributed by atoms with Crippen LogP contribution in [0.1, 0.15) is 52.5 Å². The Labute approximate surface area is 218 Å². The maximum atomic E-state index is 14.3. The van der Waals surface area contributed by atoms with Gasteiger partial charge in [0.1, 0.15) is 29.7 Å². The number of hydrogen-bond acceptors (Lipinski definition) is 7. The number of benzene rings is 1. The predicted molar refractivity (Wildman–Crippen MR) is 136 cm³/mol. The Balaban J connectivity index is 1.54. The molecule has 1 aromatic heterocycles. The van der Waals surface area contributed by atoms with Gasteiger partial charge in [0.25, 0.3) is 11.8 Å². The average Bonchev–Trinajstić information content (AvgIpc) is 3.27. The topological polar surface area (TPSA) is 139 Å². The van der Waals surface area contributed by atoms with E-state index in [2.05, 4.69) is 25.2 Å². The van der Waals surface area contributed by atoms with E-state index >= 15 is 0 Å². The van der Waals surface area contributed by atoms with Crippen LogP contribution in [-0.4, -0.2) is 66.5 Å². The first-order valence-electron chi connectivity index (χ1n) is 12.1. The lowest BCUT2D eigenvalue weighted by Gasteiger charge is -2.31. The molecule has 202 valence electrons. The Morgan fingerprint density at radius 1 is 1.24 bits per heavy atom. The Kier molecular flexibility index (Phi) is 10.6. The number of amides is 4. The molecule has 1 fully saturated rings. The van der Waals surface area contributed by atoms with Crippen LogP contribution in [0, 0.1) is 11.7 Å². The second-order valence-electron chi connectivity index (χ2n) is 8.65. The number of rotatable bonds is 12. The molecule has 0 atom stereocenters. The predicted octanol–water partition coefficient (Wildman–Crippen LogP) is 2.90. The van der Waals surface area contributed by atoms with Crippen molar-refractivity contribution in [3.63, 3.8) is 0 Å². The maximum absolute atomic E-state index is 14.3. The molecule has 0 bridgehead atoms. The number of likely N-dealkylation sites (tertiary alicyclic amines) is 1. The summed E-state index contributed by atoms with van der Waals surface area (Å²) in [5.41, 5.74) is 5.72. The SMILES string of the molecule is CCNC(=O)c1ccc(F)c(COc2nsc(NC(=O)NCCC3CCN(CCF)CC3)c2C(N)=O)c1. The van der Waals surface area contributed by atoms with E-state index in [0.717, 1.165) is 50.0 Å². The minimum atomic E-state index is -0.865. The lowest BCUT2D eigenvalue weighted by Crippen LogP contribution is -2.37. The molecule has 2 aromatic rings. The van der Waals surface area contributed by atoms with Crippen molar-refractivity contribution in [1.82, 2.24) is 19.9 Å². The number of carbonyl (C=O) groups excluding carboxylic acids is 3. The number of ether oxygens (including phenoxy) is 1. The molecule has 0 radical (unpaired) electrons. The summed E-state index contributed by atoms with van der Waals surface area (Å²) in [4.78, 5) is 38.6. The fraction of sp³-hybridized carbons (Fsp3) is 0.500. The highest BCUT2D eigenvalue weighted by atomic mass is 32.1. The standard InChI is InChI=1S/C24H32F2N6O4S/c1-2-28-21(34)16-3-4-18(26)17(13-16)14-36-22-19(20(27)33)23(37-31-22)30-24(35)29-9-5-15-6-10-32(11-7-15)12-8-25/h3-4,13,15H,2,5-12,14H2,1H3,(H2,27,33)(H,28,34)(H2,29,30,35). The van der Waals surface area contributed by atoms with Crippen LogP contribution in [0.3, 0.4) is 0 Å². The molecule has 1 aromatic carbocycles. The summed E-state index contributed by atoms with van der Waals surface area (Å²) in [5, 5.41) is 8.07. The highest BCUT2D eigenvalue weighted by Gasteiger charge is 2.23. The molecule has 0 unspecified atom stereocenters. The quantitative estimate of drug-likeness (QED) is 0.328. The van der Waals surface area contributed by atoms with Gasteiger partial charge in [0.05, 0.1) is 0 Å². The van der Waals surface area contributed by atoms with E-state index in [0.29, 0.717) is 25.6 Å². The Morgan fingerprint density at radius 2 is 2.00 bits per heavy atom. The monoisotopic (exact) mass is 538 g/mol. The molecular formula is C24H32F2N6O4S. The second-order valence-corrected chi connectivity index (χ2v) is 9.43. The second kappa shape index (κ2) is 13.8. The van der Waals surface area contributed by atoms with Gasteiger partial charge in [-0.1, -0.05) is 0 Å². The van der Waals surface area contributed by atoms with Crippen molar-refractivity contribution in [1.29, 1.82) is 0 Å². The number of piperidine rings is 1. The minimum Gasteiger partial charge on any atom is -0.471 e. The smallest absolute Gasteiger partial charge is 0.319 e. The lowest BCUT2D eigenvalue weighted by atomic mass is 9.93. The van der Waals surface area contributed by atoms with Gasteiger partial charge in [-0.3, -0.25) is 14.9 Å². The van der Waals surface area contributed by atoms with Gasteiger partial charge in [-0.2, -0.15) is 4.37 Å². The molecule has 3 rings (SSSR count). The Hall–Kier alpha value is -3.32. The molecule has 2 heterocycles. The van der Waals surface area contributed by atoms with Crippen molar-refractivity contribution in [2.24, 2.45) is 11.7 Å². The third kappa shape index (κ3) is 8.09.